The minimum atomic E-state index is -4.67. The molecule has 1 aliphatic rings. The highest BCUT2D eigenvalue weighted by atomic mass is 19.4. The molecule has 0 amide bonds. The third-order valence-electron chi connectivity index (χ3n) is 5.37. The summed E-state index contributed by atoms with van der Waals surface area (Å²) in [6.07, 6.45) is -4.47. The first-order valence-corrected chi connectivity index (χ1v) is 9.92. The van der Waals surface area contributed by atoms with Crippen molar-refractivity contribution >= 4 is 23.6 Å². The number of alkyl halides is 3. The minimum absolute atomic E-state index is 0.00868. The van der Waals surface area contributed by atoms with Crippen LogP contribution in [0.15, 0.2) is 65.9 Å². The van der Waals surface area contributed by atoms with E-state index in [1.165, 1.54) is 25.3 Å². The van der Waals surface area contributed by atoms with Gasteiger partial charge in [0.25, 0.3) is 0 Å². The highest BCUT2D eigenvalue weighted by Crippen LogP contribution is 2.47. The Morgan fingerprint density at radius 3 is 2.39 bits per heavy atom. The fraction of sp³-hybridized carbons (Fsp3) is 0.174. The quantitative estimate of drug-likeness (QED) is 0.511. The molecule has 170 valence electrons. The molecule has 10 heteroatoms. The van der Waals surface area contributed by atoms with Gasteiger partial charge in [0.2, 0.25) is 5.95 Å². The number of methoxy groups -OCH3 is 1. The molecule has 5 N–H and O–H groups in total. The molecule has 0 spiro atoms. The molecule has 0 fully saturated rings. The third kappa shape index (κ3) is 4.19. The lowest BCUT2D eigenvalue weighted by molar-refractivity contribution is -0.139. The number of hydrogen-bond donors (Lipinski definition) is 3. The molecule has 1 unspecified atom stereocenters. The summed E-state index contributed by atoms with van der Waals surface area (Å²) < 4.78 is 46.9. The summed E-state index contributed by atoms with van der Waals surface area (Å²) in [5.41, 5.74) is 12.1. The molecule has 7 nitrogen and oxygen atoms in total. The van der Waals surface area contributed by atoms with Crippen molar-refractivity contribution < 1.29 is 22.7 Å². The number of nitrogen functional groups attached to an aromatic ring is 2. The SMILES string of the molecule is COC(=O)C1=C(Cc2ccccc2)Nc2nc(N)nc(N)c2C1c1ccccc1C(F)(F)F. The molecule has 2 aromatic carbocycles. The summed E-state index contributed by atoms with van der Waals surface area (Å²) in [6, 6.07) is 14.1. The van der Waals surface area contributed by atoms with E-state index in [4.69, 9.17) is 16.2 Å². The predicted octanol–water partition coefficient (Wildman–Crippen LogP) is 3.89. The van der Waals surface area contributed by atoms with Gasteiger partial charge in [-0.25, -0.2) is 4.79 Å². The normalized spacial score (nSPS) is 15.6. The molecule has 0 radical (unpaired) electrons. The molecule has 1 aliphatic heterocycles. The first-order chi connectivity index (χ1) is 15.7. The minimum Gasteiger partial charge on any atom is -0.466 e. The predicted molar refractivity (Wildman–Crippen MR) is 117 cm³/mol. The van der Waals surface area contributed by atoms with Crippen LogP contribution in [-0.4, -0.2) is 23.0 Å². The number of esters is 1. The Kier molecular flexibility index (Phi) is 5.67. The van der Waals surface area contributed by atoms with E-state index in [9.17, 15) is 18.0 Å². The number of nitrogens with one attached hydrogen (secondary N) is 1. The third-order valence-corrected chi connectivity index (χ3v) is 5.37. The van der Waals surface area contributed by atoms with E-state index in [0.29, 0.717) is 5.70 Å². The average Bonchev–Trinajstić information content (AvgIpc) is 2.77. The van der Waals surface area contributed by atoms with Gasteiger partial charge in [-0.1, -0.05) is 48.5 Å². The molecule has 4 rings (SSSR count). The molecule has 0 saturated heterocycles. The number of rotatable bonds is 4. The van der Waals surface area contributed by atoms with Gasteiger partial charge in [0.15, 0.2) is 0 Å². The highest BCUT2D eigenvalue weighted by molar-refractivity contribution is 5.95. The van der Waals surface area contributed by atoms with Gasteiger partial charge in [-0.3, -0.25) is 0 Å². The van der Waals surface area contributed by atoms with Crippen molar-refractivity contribution in [2.24, 2.45) is 0 Å². The number of fused-ring (bicyclic) bond motifs is 1. The van der Waals surface area contributed by atoms with E-state index in [1.807, 2.05) is 30.3 Å². The summed E-state index contributed by atoms with van der Waals surface area (Å²) in [7, 11) is 1.17. The number of aromatic nitrogens is 2. The van der Waals surface area contributed by atoms with Gasteiger partial charge in [-0.2, -0.15) is 23.1 Å². The van der Waals surface area contributed by atoms with E-state index in [-0.39, 0.29) is 40.7 Å². The topological polar surface area (TPSA) is 116 Å². The van der Waals surface area contributed by atoms with Crippen molar-refractivity contribution in [3.05, 3.63) is 88.1 Å². The lowest BCUT2D eigenvalue weighted by Crippen LogP contribution is -2.29. The number of allylic oxidation sites excluding steroid dienone is 1. The summed E-state index contributed by atoms with van der Waals surface area (Å²) in [5, 5.41) is 3.04. The van der Waals surface area contributed by atoms with Crippen LogP contribution in [0.3, 0.4) is 0 Å². The molecule has 0 bridgehead atoms. The molecule has 1 atom stereocenters. The number of anilines is 3. The maximum atomic E-state index is 14.0. The van der Waals surface area contributed by atoms with Crippen LogP contribution in [0.1, 0.15) is 28.2 Å². The fourth-order valence-electron chi connectivity index (χ4n) is 4.02. The number of hydrogen-bond acceptors (Lipinski definition) is 7. The fourth-order valence-corrected chi connectivity index (χ4v) is 4.02. The Morgan fingerprint density at radius 1 is 1.06 bits per heavy atom. The standard InChI is InChI=1S/C23H20F3N5O2/c1-33-21(32)17-15(11-12-7-3-2-4-8-12)29-20-18(19(27)30-22(28)31-20)16(17)13-9-5-6-10-14(13)23(24,25)26/h2-10,16H,11H2,1H3,(H5,27,28,29,30,31). The van der Waals surface area contributed by atoms with Crippen molar-refractivity contribution in [2.75, 3.05) is 23.9 Å². The van der Waals surface area contributed by atoms with Gasteiger partial charge in [0, 0.05) is 17.7 Å². The van der Waals surface area contributed by atoms with Gasteiger partial charge in [0.05, 0.1) is 24.2 Å². The second-order valence-corrected chi connectivity index (χ2v) is 7.42. The lowest BCUT2D eigenvalue weighted by Gasteiger charge is -2.32. The Morgan fingerprint density at radius 2 is 1.73 bits per heavy atom. The van der Waals surface area contributed by atoms with Crippen molar-refractivity contribution in [2.45, 2.75) is 18.5 Å². The smallest absolute Gasteiger partial charge is 0.416 e. The molecule has 0 aliphatic carbocycles. The first kappa shape index (κ1) is 22.1. The van der Waals surface area contributed by atoms with Crippen LogP contribution in [-0.2, 0) is 22.1 Å². The Balaban J connectivity index is 2.03. The van der Waals surface area contributed by atoms with Crippen LogP contribution >= 0.6 is 0 Å². The number of nitrogens with two attached hydrogens (primary N) is 2. The molecule has 3 aromatic rings. The molecule has 33 heavy (non-hydrogen) atoms. The summed E-state index contributed by atoms with van der Waals surface area (Å²) >= 11 is 0. The number of ether oxygens (including phenoxy) is 1. The molecular formula is C23H20F3N5O2. The highest BCUT2D eigenvalue weighted by Gasteiger charge is 2.42. The number of nitrogens with zero attached hydrogens (tertiary/aromatic N) is 2. The van der Waals surface area contributed by atoms with E-state index in [0.717, 1.165) is 11.6 Å². The van der Waals surface area contributed by atoms with Crippen molar-refractivity contribution in [1.82, 2.24) is 9.97 Å². The summed E-state index contributed by atoms with van der Waals surface area (Å²) in [6.45, 7) is 0. The Bertz CT molecular complexity index is 1240. The van der Waals surface area contributed by atoms with E-state index >= 15 is 0 Å². The van der Waals surface area contributed by atoms with Crippen LogP contribution < -0.4 is 16.8 Å². The van der Waals surface area contributed by atoms with Gasteiger partial charge in [-0.15, -0.1) is 0 Å². The zero-order chi connectivity index (χ0) is 23.8. The second-order valence-electron chi connectivity index (χ2n) is 7.42. The molecular weight excluding hydrogens is 435 g/mol. The molecule has 1 aromatic heterocycles. The average molecular weight is 455 g/mol. The zero-order valence-electron chi connectivity index (χ0n) is 17.5. The van der Waals surface area contributed by atoms with Crippen LogP contribution in [0.2, 0.25) is 0 Å². The van der Waals surface area contributed by atoms with Crippen LogP contribution in [0.5, 0.6) is 0 Å². The number of carbonyl (C=O) groups excluding carboxylic acids is 1. The molecule has 2 heterocycles. The lowest BCUT2D eigenvalue weighted by atomic mass is 9.79. The summed E-state index contributed by atoms with van der Waals surface area (Å²) in [5.74, 6) is -2.17. The first-order valence-electron chi connectivity index (χ1n) is 9.92. The number of benzene rings is 2. The van der Waals surface area contributed by atoms with E-state index in [1.54, 1.807) is 0 Å². The van der Waals surface area contributed by atoms with Crippen molar-refractivity contribution in [3.63, 3.8) is 0 Å². The van der Waals surface area contributed by atoms with E-state index < -0.39 is 23.6 Å². The Hall–Kier alpha value is -4.08. The maximum Gasteiger partial charge on any atom is 0.416 e. The summed E-state index contributed by atoms with van der Waals surface area (Å²) in [4.78, 5) is 21.1. The van der Waals surface area contributed by atoms with Gasteiger partial charge < -0.3 is 21.5 Å². The Labute approximate surface area is 187 Å². The zero-order valence-corrected chi connectivity index (χ0v) is 17.5. The van der Waals surface area contributed by atoms with Crippen LogP contribution in [0.4, 0.5) is 30.8 Å². The van der Waals surface area contributed by atoms with Gasteiger partial charge in [0.1, 0.15) is 11.6 Å². The number of halogens is 3. The molecule has 0 saturated carbocycles. The second kappa shape index (κ2) is 8.45. The number of carbonyl (C=O) groups is 1. The van der Waals surface area contributed by atoms with E-state index in [2.05, 4.69) is 15.3 Å². The maximum absolute atomic E-state index is 14.0. The van der Waals surface area contributed by atoms with Gasteiger partial charge >= 0.3 is 12.1 Å². The van der Waals surface area contributed by atoms with Crippen LogP contribution in [0, 0.1) is 0 Å². The van der Waals surface area contributed by atoms with Gasteiger partial charge in [-0.05, 0) is 17.2 Å². The van der Waals surface area contributed by atoms with Crippen molar-refractivity contribution in [3.8, 4) is 0 Å². The largest absolute Gasteiger partial charge is 0.466 e. The van der Waals surface area contributed by atoms with Crippen LogP contribution in [0.25, 0.3) is 0 Å². The monoisotopic (exact) mass is 455 g/mol. The van der Waals surface area contributed by atoms with Crippen molar-refractivity contribution in [1.29, 1.82) is 0 Å².